The van der Waals surface area contributed by atoms with Crippen LogP contribution >= 0.6 is 0 Å². The van der Waals surface area contributed by atoms with Gasteiger partial charge in [-0.3, -0.25) is 4.79 Å². The highest BCUT2D eigenvalue weighted by molar-refractivity contribution is 7.89. The summed E-state index contributed by atoms with van der Waals surface area (Å²) in [6, 6.07) is 17.3. The van der Waals surface area contributed by atoms with E-state index in [9.17, 15) is 13.2 Å². The highest BCUT2D eigenvalue weighted by Crippen LogP contribution is 2.21. The maximum atomic E-state index is 12.6. The first-order valence-corrected chi connectivity index (χ1v) is 11.8. The maximum Gasteiger partial charge on any atom is 0.243 e. The Hall–Kier alpha value is -2.18. The minimum absolute atomic E-state index is 0.0272. The largest absolute Gasteiger partial charge is 0.354 e. The summed E-state index contributed by atoms with van der Waals surface area (Å²) in [6.07, 6.45) is 4.69. The second-order valence-electron chi connectivity index (χ2n) is 7.75. The third-order valence-electron chi connectivity index (χ3n) is 5.38. The predicted molar refractivity (Wildman–Crippen MR) is 115 cm³/mol. The van der Waals surface area contributed by atoms with Crippen LogP contribution in [0.5, 0.6) is 0 Å². The summed E-state index contributed by atoms with van der Waals surface area (Å²) in [5.74, 6) is 0.0272. The molecule has 0 unspecified atom stereocenters. The van der Waals surface area contributed by atoms with Gasteiger partial charge in [0.2, 0.25) is 15.9 Å². The molecule has 3 rings (SSSR count). The predicted octanol–water partition coefficient (Wildman–Crippen LogP) is 3.54. The SMILES string of the molecule is C[C@H](CCc1ccccc1)NC(=O)CCc1ccc(S(=O)(=O)N2CCCC2)cc1. The van der Waals surface area contributed by atoms with Crippen LogP contribution in [0, 0.1) is 0 Å². The molecule has 1 heterocycles. The lowest BCUT2D eigenvalue weighted by atomic mass is 10.1. The van der Waals surface area contributed by atoms with Crippen LogP contribution in [0.15, 0.2) is 59.5 Å². The van der Waals surface area contributed by atoms with E-state index in [1.54, 1.807) is 16.4 Å². The summed E-state index contributed by atoms with van der Waals surface area (Å²) in [5, 5.41) is 3.05. The molecule has 0 radical (unpaired) electrons. The number of amides is 1. The number of carbonyl (C=O) groups is 1. The van der Waals surface area contributed by atoms with Crippen LogP contribution in [0.1, 0.15) is 43.7 Å². The normalized spacial score (nSPS) is 15.9. The van der Waals surface area contributed by atoms with E-state index in [1.807, 2.05) is 37.3 Å². The van der Waals surface area contributed by atoms with E-state index in [2.05, 4.69) is 17.4 Å². The Bertz CT molecular complexity index is 889. The molecule has 0 bridgehead atoms. The van der Waals surface area contributed by atoms with Gasteiger partial charge in [-0.15, -0.1) is 0 Å². The summed E-state index contributed by atoms with van der Waals surface area (Å²) in [6.45, 7) is 3.23. The fraction of sp³-hybridized carbons (Fsp3) is 0.435. The molecule has 156 valence electrons. The molecule has 0 aromatic heterocycles. The lowest BCUT2D eigenvalue weighted by Crippen LogP contribution is -2.33. The van der Waals surface area contributed by atoms with Gasteiger partial charge in [-0.1, -0.05) is 42.5 Å². The average molecular weight is 415 g/mol. The highest BCUT2D eigenvalue weighted by atomic mass is 32.2. The van der Waals surface area contributed by atoms with Crippen LogP contribution in [0.3, 0.4) is 0 Å². The number of benzene rings is 2. The van der Waals surface area contributed by atoms with Crippen LogP contribution in [0.4, 0.5) is 0 Å². The molecule has 2 aromatic carbocycles. The van der Waals surface area contributed by atoms with Gasteiger partial charge >= 0.3 is 0 Å². The molecule has 1 aliphatic heterocycles. The van der Waals surface area contributed by atoms with Crippen molar-refractivity contribution >= 4 is 15.9 Å². The Labute approximate surface area is 174 Å². The summed E-state index contributed by atoms with van der Waals surface area (Å²) in [7, 11) is -3.38. The second-order valence-corrected chi connectivity index (χ2v) is 9.69. The fourth-order valence-electron chi connectivity index (χ4n) is 3.61. The van der Waals surface area contributed by atoms with E-state index in [4.69, 9.17) is 0 Å². The van der Waals surface area contributed by atoms with E-state index >= 15 is 0 Å². The van der Waals surface area contributed by atoms with E-state index in [0.29, 0.717) is 30.8 Å². The quantitative estimate of drug-likeness (QED) is 0.682. The molecule has 1 N–H and O–H groups in total. The van der Waals surface area contributed by atoms with Gasteiger partial charge in [0.1, 0.15) is 0 Å². The van der Waals surface area contributed by atoms with E-state index in [0.717, 1.165) is 31.2 Å². The molecule has 6 heteroatoms. The van der Waals surface area contributed by atoms with Crippen molar-refractivity contribution in [1.82, 2.24) is 9.62 Å². The molecule has 1 amide bonds. The topological polar surface area (TPSA) is 66.5 Å². The van der Waals surface area contributed by atoms with Crippen LogP contribution < -0.4 is 5.32 Å². The first kappa shape index (κ1) is 21.5. The number of nitrogens with zero attached hydrogens (tertiary/aromatic N) is 1. The van der Waals surface area contributed by atoms with Crippen molar-refractivity contribution in [2.24, 2.45) is 0 Å². The van der Waals surface area contributed by atoms with Gasteiger partial charge in [0.25, 0.3) is 0 Å². The van der Waals surface area contributed by atoms with Crippen LogP contribution in [-0.2, 0) is 27.7 Å². The molecular formula is C23H30N2O3S. The maximum absolute atomic E-state index is 12.6. The molecule has 29 heavy (non-hydrogen) atoms. The minimum atomic E-state index is -3.38. The van der Waals surface area contributed by atoms with Crippen LogP contribution in [0.2, 0.25) is 0 Å². The molecule has 1 fully saturated rings. The van der Waals surface area contributed by atoms with Crippen molar-refractivity contribution in [3.63, 3.8) is 0 Å². The summed E-state index contributed by atoms with van der Waals surface area (Å²) in [5.41, 5.74) is 2.25. The molecule has 1 atom stereocenters. The fourth-order valence-corrected chi connectivity index (χ4v) is 5.13. The van der Waals surface area contributed by atoms with E-state index in [1.165, 1.54) is 5.56 Å². The number of carbonyl (C=O) groups excluding carboxylic acids is 1. The first-order valence-electron chi connectivity index (χ1n) is 10.4. The third-order valence-corrected chi connectivity index (χ3v) is 7.30. The molecule has 1 aliphatic rings. The van der Waals surface area contributed by atoms with Gasteiger partial charge in [-0.25, -0.2) is 8.42 Å². The van der Waals surface area contributed by atoms with E-state index < -0.39 is 10.0 Å². The summed E-state index contributed by atoms with van der Waals surface area (Å²) >= 11 is 0. The number of hydrogen-bond acceptors (Lipinski definition) is 3. The van der Waals surface area contributed by atoms with Crippen molar-refractivity contribution < 1.29 is 13.2 Å². The monoisotopic (exact) mass is 414 g/mol. The van der Waals surface area contributed by atoms with Crippen molar-refractivity contribution in [2.45, 2.75) is 56.4 Å². The molecule has 0 aliphatic carbocycles. The Morgan fingerprint density at radius 3 is 2.24 bits per heavy atom. The summed E-state index contributed by atoms with van der Waals surface area (Å²) < 4.78 is 26.7. The van der Waals surface area contributed by atoms with Gasteiger partial charge in [0.05, 0.1) is 4.90 Å². The molecule has 5 nitrogen and oxygen atoms in total. The Morgan fingerprint density at radius 2 is 1.59 bits per heavy atom. The second kappa shape index (κ2) is 10.0. The number of rotatable bonds is 9. The van der Waals surface area contributed by atoms with Gasteiger partial charge in [0.15, 0.2) is 0 Å². The van der Waals surface area contributed by atoms with Crippen molar-refractivity contribution in [1.29, 1.82) is 0 Å². The third kappa shape index (κ3) is 6.15. The molecule has 1 saturated heterocycles. The highest BCUT2D eigenvalue weighted by Gasteiger charge is 2.26. The standard InChI is InChI=1S/C23H30N2O3S/c1-19(9-10-20-7-3-2-4-8-20)24-23(26)16-13-21-11-14-22(15-12-21)29(27,28)25-17-5-6-18-25/h2-4,7-8,11-12,14-15,19H,5-6,9-10,13,16-18H2,1H3,(H,24,26)/t19-/m1/s1. The Kier molecular flexibility index (Phi) is 7.45. The molecular weight excluding hydrogens is 384 g/mol. The van der Waals surface area contributed by atoms with Gasteiger partial charge in [0, 0.05) is 25.6 Å². The minimum Gasteiger partial charge on any atom is -0.354 e. The number of nitrogens with one attached hydrogen (secondary N) is 1. The Balaban J connectivity index is 1.44. The zero-order valence-corrected chi connectivity index (χ0v) is 17.8. The zero-order chi connectivity index (χ0) is 20.7. The molecule has 0 saturated carbocycles. The van der Waals surface area contributed by atoms with Gasteiger partial charge < -0.3 is 5.32 Å². The number of sulfonamides is 1. The number of hydrogen-bond donors (Lipinski definition) is 1. The van der Waals surface area contributed by atoms with Gasteiger partial charge in [-0.2, -0.15) is 4.31 Å². The van der Waals surface area contributed by atoms with Crippen LogP contribution in [-0.4, -0.2) is 37.8 Å². The lowest BCUT2D eigenvalue weighted by Gasteiger charge is -2.16. The van der Waals surface area contributed by atoms with Crippen molar-refractivity contribution in [3.05, 3.63) is 65.7 Å². The van der Waals surface area contributed by atoms with E-state index in [-0.39, 0.29) is 11.9 Å². The smallest absolute Gasteiger partial charge is 0.243 e. The van der Waals surface area contributed by atoms with Gasteiger partial charge in [-0.05, 0) is 62.3 Å². The van der Waals surface area contributed by atoms with Crippen LogP contribution in [0.25, 0.3) is 0 Å². The summed E-state index contributed by atoms with van der Waals surface area (Å²) in [4.78, 5) is 12.6. The first-order chi connectivity index (χ1) is 13.9. The zero-order valence-electron chi connectivity index (χ0n) is 17.0. The van der Waals surface area contributed by atoms with Crippen molar-refractivity contribution in [2.75, 3.05) is 13.1 Å². The molecule has 0 spiro atoms. The molecule has 2 aromatic rings. The number of aryl methyl sites for hydroxylation is 2. The van der Waals surface area contributed by atoms with Crippen molar-refractivity contribution in [3.8, 4) is 0 Å². The Morgan fingerprint density at radius 1 is 0.966 bits per heavy atom. The average Bonchev–Trinajstić information content (AvgIpc) is 3.28. The lowest BCUT2D eigenvalue weighted by molar-refractivity contribution is -0.121.